The Morgan fingerprint density at radius 2 is 1.88 bits per heavy atom. The van der Waals surface area contributed by atoms with Crippen LogP contribution >= 0.6 is 0 Å². The molecule has 1 unspecified atom stereocenters. The quantitative estimate of drug-likeness (QED) is 0.745. The van der Waals surface area contributed by atoms with Crippen molar-refractivity contribution in [3.8, 4) is 0 Å². The number of nitrogens with two attached hydrogens (primary N) is 1. The Balaban J connectivity index is 0.000000400. The van der Waals surface area contributed by atoms with E-state index in [1.165, 1.54) is 0 Å². The molecule has 0 bridgehead atoms. The van der Waals surface area contributed by atoms with Crippen LogP contribution in [0.15, 0.2) is 24.5 Å². The molecule has 0 radical (unpaired) electrons. The van der Waals surface area contributed by atoms with Gasteiger partial charge >= 0.3 is 11.4 Å². The van der Waals surface area contributed by atoms with Gasteiger partial charge in [-0.1, -0.05) is 6.08 Å². The molecule has 1 saturated heterocycles. The molecule has 2 aliphatic heterocycles. The van der Waals surface area contributed by atoms with Gasteiger partial charge < -0.3 is 15.2 Å². The van der Waals surface area contributed by atoms with Crippen LogP contribution in [-0.2, 0) is 19.5 Å². The van der Waals surface area contributed by atoms with Crippen LogP contribution < -0.4 is 5.73 Å². The molecule has 0 aromatic rings. The minimum atomic E-state index is -6.16. The zero-order chi connectivity index (χ0) is 18.4. The van der Waals surface area contributed by atoms with Crippen LogP contribution in [0.5, 0.6) is 0 Å². The molecule has 140 valence electrons. The van der Waals surface area contributed by atoms with E-state index in [2.05, 4.69) is 0 Å². The van der Waals surface area contributed by atoms with E-state index in [0.29, 0.717) is 0 Å². The van der Waals surface area contributed by atoms with E-state index in [1.807, 2.05) is 18.2 Å². The summed E-state index contributed by atoms with van der Waals surface area (Å²) in [5.41, 5.74) is 5.15. The Morgan fingerprint density at radius 3 is 2.25 bits per heavy atom. The summed E-state index contributed by atoms with van der Waals surface area (Å²) in [6, 6.07) is 0. The Hall–Kier alpha value is -1.24. The highest BCUT2D eigenvalue weighted by Crippen LogP contribution is 2.41. The van der Waals surface area contributed by atoms with E-state index >= 15 is 0 Å². The van der Waals surface area contributed by atoms with Crippen molar-refractivity contribution in [2.45, 2.75) is 17.5 Å². The summed E-state index contributed by atoms with van der Waals surface area (Å²) in [6.07, 6.45) is 0.410. The van der Waals surface area contributed by atoms with Crippen LogP contribution in [0.3, 0.4) is 0 Å². The lowest BCUT2D eigenvalue weighted by Crippen LogP contribution is -2.56. The first-order chi connectivity index (χ1) is 11.0. The molecular weight excluding hydrogens is 363 g/mol. The van der Waals surface area contributed by atoms with Crippen LogP contribution in [0.1, 0.15) is 0 Å². The van der Waals surface area contributed by atoms with Crippen molar-refractivity contribution in [2.24, 2.45) is 5.73 Å². The fourth-order valence-corrected chi connectivity index (χ4v) is 3.00. The average Bonchev–Trinajstić information content (AvgIpc) is 2.56. The molecular formula is C12H17F5N2O4S. The van der Waals surface area contributed by atoms with Gasteiger partial charge in [-0.3, -0.25) is 0 Å². The van der Waals surface area contributed by atoms with Gasteiger partial charge in [0.2, 0.25) is 0 Å². The van der Waals surface area contributed by atoms with E-state index in [9.17, 15) is 30.4 Å². The minimum Gasteiger partial charge on any atom is -0.497 e. The van der Waals surface area contributed by atoms with Gasteiger partial charge in [0, 0.05) is 19.6 Å². The van der Waals surface area contributed by atoms with Crippen LogP contribution in [0.25, 0.3) is 0 Å². The second-order valence-electron chi connectivity index (χ2n) is 4.70. The number of nitrogens with zero attached hydrogens (tertiary/aromatic N) is 1. The summed E-state index contributed by atoms with van der Waals surface area (Å²) in [4.78, 5) is 0. The maximum Gasteiger partial charge on any atom is 0.470 e. The van der Waals surface area contributed by atoms with Crippen molar-refractivity contribution >= 4 is 10.0 Å². The lowest BCUT2D eigenvalue weighted by Gasteiger charge is -2.34. The number of alkyl halides is 5. The summed E-state index contributed by atoms with van der Waals surface area (Å²) in [7, 11) is -5.82. The number of halogens is 5. The van der Waals surface area contributed by atoms with Crippen molar-refractivity contribution in [1.29, 1.82) is 0 Å². The van der Waals surface area contributed by atoms with Crippen molar-refractivity contribution in [1.82, 2.24) is 4.31 Å². The molecule has 0 aromatic heterocycles. The number of hydrogen-bond acceptors (Lipinski definition) is 5. The maximum absolute atomic E-state index is 12.9. The molecule has 2 heterocycles. The number of rotatable bonds is 3. The highest BCUT2D eigenvalue weighted by Gasteiger charge is 2.69. The first kappa shape index (κ1) is 20.8. The summed E-state index contributed by atoms with van der Waals surface area (Å²) in [6.45, 7) is -0.913. The second-order valence-corrected chi connectivity index (χ2v) is 6.68. The molecule has 6 nitrogen and oxygen atoms in total. The minimum absolute atomic E-state index is 0.0571. The SMILES string of the molecule is C1=CCOC=C1.NCC1CN(S(=O)(=O)C(F)(F)C(F)(F)F)CCO1. The molecule has 0 spiro atoms. The molecule has 12 heteroatoms. The third kappa shape index (κ3) is 4.88. The van der Waals surface area contributed by atoms with Gasteiger partial charge in [-0.15, -0.1) is 0 Å². The molecule has 0 saturated carbocycles. The van der Waals surface area contributed by atoms with E-state index in [1.54, 1.807) is 6.26 Å². The molecule has 24 heavy (non-hydrogen) atoms. The van der Waals surface area contributed by atoms with E-state index in [0.717, 1.165) is 6.61 Å². The Labute approximate surface area is 135 Å². The fourth-order valence-electron chi connectivity index (χ4n) is 1.71. The zero-order valence-electron chi connectivity index (χ0n) is 12.4. The molecule has 1 atom stereocenters. The summed E-state index contributed by atoms with van der Waals surface area (Å²) >= 11 is 0. The van der Waals surface area contributed by atoms with Crippen molar-refractivity contribution in [3.63, 3.8) is 0 Å². The topological polar surface area (TPSA) is 81.9 Å². The third-order valence-corrected chi connectivity index (χ3v) is 4.86. The van der Waals surface area contributed by atoms with E-state index in [-0.39, 0.29) is 17.5 Å². The Morgan fingerprint density at radius 1 is 1.21 bits per heavy atom. The normalized spacial score (nSPS) is 22.5. The van der Waals surface area contributed by atoms with Crippen molar-refractivity contribution in [3.05, 3.63) is 24.5 Å². The standard InChI is InChI=1S/C7H11F5N2O3S.C5H6O/c8-6(9,10)7(11,12)18(15,16)14-1-2-17-5(3-13)4-14;1-2-4-6-5-3-1/h5H,1-4,13H2;1-4H,5H2. The molecule has 0 amide bonds. The predicted molar refractivity (Wildman–Crippen MR) is 74.5 cm³/mol. The fraction of sp³-hybridized carbons (Fsp3) is 0.667. The van der Waals surface area contributed by atoms with Gasteiger partial charge in [0.25, 0.3) is 10.0 Å². The number of ether oxygens (including phenoxy) is 2. The van der Waals surface area contributed by atoms with Crippen molar-refractivity contribution < 1.29 is 39.8 Å². The van der Waals surface area contributed by atoms with Crippen molar-refractivity contribution in [2.75, 3.05) is 32.8 Å². The number of morpholine rings is 1. The second kappa shape index (κ2) is 8.23. The van der Waals surface area contributed by atoms with E-state index in [4.69, 9.17) is 15.2 Å². The van der Waals surface area contributed by atoms with Gasteiger partial charge in [-0.25, -0.2) is 8.42 Å². The third-order valence-electron chi connectivity index (χ3n) is 2.97. The zero-order valence-corrected chi connectivity index (χ0v) is 13.2. The van der Waals surface area contributed by atoms with Crippen LogP contribution in [0.4, 0.5) is 22.0 Å². The smallest absolute Gasteiger partial charge is 0.470 e. The van der Waals surface area contributed by atoms with Gasteiger partial charge in [-0.2, -0.15) is 26.3 Å². The predicted octanol–water partition coefficient (Wildman–Crippen LogP) is 1.22. The molecule has 0 aromatic carbocycles. The van der Waals surface area contributed by atoms with Crippen LogP contribution in [0, 0.1) is 0 Å². The average molecular weight is 380 g/mol. The van der Waals surface area contributed by atoms with Gasteiger partial charge in [0.15, 0.2) is 0 Å². The number of hydrogen-bond donors (Lipinski definition) is 1. The first-order valence-electron chi connectivity index (χ1n) is 6.73. The number of sulfonamides is 1. The first-order valence-corrected chi connectivity index (χ1v) is 8.17. The van der Waals surface area contributed by atoms with Gasteiger partial charge in [-0.05, 0) is 12.2 Å². The Kier molecular flexibility index (Phi) is 7.13. The molecule has 2 N–H and O–H groups in total. The maximum atomic E-state index is 12.9. The lowest BCUT2D eigenvalue weighted by atomic mass is 10.3. The highest BCUT2D eigenvalue weighted by molar-refractivity contribution is 7.90. The Bertz CT molecular complexity index is 550. The van der Waals surface area contributed by atoms with E-state index < -0.39 is 40.6 Å². The summed E-state index contributed by atoms with van der Waals surface area (Å²) in [5.74, 6) is 0. The lowest BCUT2D eigenvalue weighted by molar-refractivity contribution is -0.243. The largest absolute Gasteiger partial charge is 0.497 e. The highest BCUT2D eigenvalue weighted by atomic mass is 32.2. The van der Waals surface area contributed by atoms with Crippen LogP contribution in [0.2, 0.25) is 0 Å². The summed E-state index contributed by atoms with van der Waals surface area (Å²) < 4.78 is 94.3. The molecule has 1 fully saturated rings. The van der Waals surface area contributed by atoms with Crippen LogP contribution in [-0.4, -0.2) is 63.1 Å². The monoisotopic (exact) mass is 380 g/mol. The van der Waals surface area contributed by atoms with Gasteiger partial charge in [0.1, 0.15) is 6.61 Å². The summed E-state index contributed by atoms with van der Waals surface area (Å²) in [5, 5.41) is -5.82. The number of allylic oxidation sites excluding steroid dienone is 2. The van der Waals surface area contributed by atoms with Gasteiger partial charge in [0.05, 0.1) is 19.0 Å². The molecule has 2 rings (SSSR count). The molecule has 2 aliphatic rings. The molecule has 0 aliphatic carbocycles.